The molecule has 5 heteroatoms. The topological polar surface area (TPSA) is 56.5 Å². The monoisotopic (exact) mass is 316 g/mol. The van der Waals surface area contributed by atoms with Crippen molar-refractivity contribution in [3.8, 4) is 0 Å². The van der Waals surface area contributed by atoms with E-state index in [0.717, 1.165) is 10.9 Å². The minimum absolute atomic E-state index is 0.0638. The first-order valence-electron chi connectivity index (χ1n) is 6.15. The molecule has 102 valence electrons. The summed E-state index contributed by atoms with van der Waals surface area (Å²) in [5.41, 5.74) is 3.96. The van der Waals surface area contributed by atoms with Crippen molar-refractivity contribution in [1.82, 2.24) is 5.43 Å². The van der Waals surface area contributed by atoms with Gasteiger partial charge in [0, 0.05) is 17.7 Å². The Morgan fingerprint density at radius 1 is 1.17 bits per heavy atom. The summed E-state index contributed by atoms with van der Waals surface area (Å²) in [5, 5.41) is 0. The number of ether oxygens (including phenoxy) is 2. The summed E-state index contributed by atoms with van der Waals surface area (Å²) >= 11 is 3.42. The Morgan fingerprint density at radius 3 is 2.17 bits per heavy atom. The van der Waals surface area contributed by atoms with Crippen LogP contribution in [-0.4, -0.2) is 25.5 Å². The highest BCUT2D eigenvalue weighted by molar-refractivity contribution is 9.10. The normalized spacial score (nSPS) is 12.9. The van der Waals surface area contributed by atoms with Crippen LogP contribution in [0.25, 0.3) is 0 Å². The molecule has 0 aliphatic carbocycles. The smallest absolute Gasteiger partial charge is 0.174 e. The molecule has 3 N–H and O–H groups in total. The van der Waals surface area contributed by atoms with Crippen LogP contribution in [0.1, 0.15) is 19.4 Å². The summed E-state index contributed by atoms with van der Waals surface area (Å²) in [6.07, 6.45) is 0.433. The molecule has 1 unspecified atom stereocenters. The third-order valence-electron chi connectivity index (χ3n) is 2.57. The first-order valence-corrected chi connectivity index (χ1v) is 6.94. The Hall–Kier alpha value is -0.460. The van der Waals surface area contributed by atoms with Crippen LogP contribution in [0.3, 0.4) is 0 Å². The summed E-state index contributed by atoms with van der Waals surface area (Å²) in [7, 11) is 0. The van der Waals surface area contributed by atoms with Gasteiger partial charge < -0.3 is 9.47 Å². The van der Waals surface area contributed by atoms with Crippen molar-refractivity contribution in [2.75, 3.05) is 13.2 Å². The van der Waals surface area contributed by atoms with E-state index in [4.69, 9.17) is 15.3 Å². The molecule has 1 atom stereocenters. The van der Waals surface area contributed by atoms with E-state index < -0.39 is 0 Å². The van der Waals surface area contributed by atoms with E-state index >= 15 is 0 Å². The highest BCUT2D eigenvalue weighted by atomic mass is 79.9. The molecule has 0 spiro atoms. The lowest BCUT2D eigenvalue weighted by atomic mass is 10.1. The average Bonchev–Trinajstić information content (AvgIpc) is 2.38. The molecule has 1 aromatic carbocycles. The zero-order valence-electron chi connectivity index (χ0n) is 10.9. The summed E-state index contributed by atoms with van der Waals surface area (Å²) in [4.78, 5) is 0. The standard InChI is InChI=1S/C13H21BrN2O2/c1-3-17-13(18-4-2)12(16-15)9-10-5-7-11(14)8-6-10/h5-8,12-13,16H,3-4,9,15H2,1-2H3. The van der Waals surface area contributed by atoms with E-state index in [1.165, 1.54) is 5.56 Å². The van der Waals surface area contributed by atoms with Gasteiger partial charge in [-0.25, -0.2) is 0 Å². The Kier molecular flexibility index (Phi) is 7.46. The third kappa shape index (κ3) is 5.04. The number of hydrazine groups is 1. The Morgan fingerprint density at radius 2 is 1.72 bits per heavy atom. The van der Waals surface area contributed by atoms with E-state index in [9.17, 15) is 0 Å². The molecule has 1 aromatic rings. The number of nitrogens with one attached hydrogen (secondary N) is 1. The quantitative estimate of drug-likeness (QED) is 0.438. The zero-order chi connectivity index (χ0) is 13.4. The summed E-state index contributed by atoms with van der Waals surface area (Å²) in [5.74, 6) is 5.59. The van der Waals surface area contributed by atoms with Crippen molar-refractivity contribution in [2.45, 2.75) is 32.6 Å². The largest absolute Gasteiger partial charge is 0.351 e. The van der Waals surface area contributed by atoms with Gasteiger partial charge in [0.1, 0.15) is 0 Å². The Bertz CT molecular complexity index is 326. The molecule has 0 saturated heterocycles. The van der Waals surface area contributed by atoms with Crippen LogP contribution >= 0.6 is 15.9 Å². The second-order valence-corrected chi connectivity index (χ2v) is 4.80. The van der Waals surface area contributed by atoms with Gasteiger partial charge in [-0.15, -0.1) is 0 Å². The number of rotatable bonds is 8. The highest BCUT2D eigenvalue weighted by Crippen LogP contribution is 2.14. The predicted octanol–water partition coefficient (Wildman–Crippen LogP) is 2.22. The van der Waals surface area contributed by atoms with E-state index in [0.29, 0.717) is 13.2 Å². The number of hydrogen-bond acceptors (Lipinski definition) is 4. The van der Waals surface area contributed by atoms with Crippen LogP contribution in [0.5, 0.6) is 0 Å². The van der Waals surface area contributed by atoms with E-state index in [-0.39, 0.29) is 12.3 Å². The fraction of sp³-hybridized carbons (Fsp3) is 0.538. The predicted molar refractivity (Wildman–Crippen MR) is 76.0 cm³/mol. The Balaban J connectivity index is 2.66. The van der Waals surface area contributed by atoms with Gasteiger partial charge in [0.05, 0.1) is 6.04 Å². The van der Waals surface area contributed by atoms with Crippen molar-refractivity contribution < 1.29 is 9.47 Å². The Labute approximate surface area is 117 Å². The average molecular weight is 317 g/mol. The van der Waals surface area contributed by atoms with Gasteiger partial charge in [-0.05, 0) is 38.0 Å². The zero-order valence-corrected chi connectivity index (χ0v) is 12.4. The summed E-state index contributed by atoms with van der Waals surface area (Å²) in [6, 6.07) is 8.08. The van der Waals surface area contributed by atoms with Crippen molar-refractivity contribution in [1.29, 1.82) is 0 Å². The molecule has 0 aliphatic heterocycles. The maximum atomic E-state index is 5.59. The van der Waals surface area contributed by atoms with Crippen LogP contribution in [0.4, 0.5) is 0 Å². The maximum Gasteiger partial charge on any atom is 0.174 e. The fourth-order valence-corrected chi connectivity index (χ4v) is 1.98. The van der Waals surface area contributed by atoms with Gasteiger partial charge in [-0.2, -0.15) is 0 Å². The lowest BCUT2D eigenvalue weighted by Gasteiger charge is -2.26. The van der Waals surface area contributed by atoms with E-state index in [1.54, 1.807) is 0 Å². The summed E-state index contributed by atoms with van der Waals surface area (Å²) < 4.78 is 12.2. The molecule has 18 heavy (non-hydrogen) atoms. The minimum Gasteiger partial charge on any atom is -0.351 e. The number of halogens is 1. The van der Waals surface area contributed by atoms with Crippen LogP contribution in [0.2, 0.25) is 0 Å². The molecule has 0 aromatic heterocycles. The fourth-order valence-electron chi connectivity index (χ4n) is 1.72. The molecule has 0 aliphatic rings. The van der Waals surface area contributed by atoms with Gasteiger partial charge >= 0.3 is 0 Å². The highest BCUT2D eigenvalue weighted by Gasteiger charge is 2.21. The van der Waals surface area contributed by atoms with E-state index in [2.05, 4.69) is 33.5 Å². The SMILES string of the molecule is CCOC(OCC)C(Cc1ccc(Br)cc1)NN. The van der Waals surface area contributed by atoms with Gasteiger partial charge in [0.2, 0.25) is 0 Å². The number of nitrogens with two attached hydrogens (primary N) is 1. The van der Waals surface area contributed by atoms with Gasteiger partial charge in [-0.1, -0.05) is 28.1 Å². The van der Waals surface area contributed by atoms with Crippen LogP contribution in [0, 0.1) is 0 Å². The lowest BCUT2D eigenvalue weighted by Crippen LogP contribution is -2.48. The molecule has 1 rings (SSSR count). The molecule has 0 bridgehead atoms. The first kappa shape index (κ1) is 15.6. The molecule has 0 amide bonds. The molecule has 0 heterocycles. The van der Waals surface area contributed by atoms with Crippen LogP contribution in [-0.2, 0) is 15.9 Å². The first-order chi connectivity index (χ1) is 8.71. The van der Waals surface area contributed by atoms with Crippen molar-refractivity contribution in [2.24, 2.45) is 5.84 Å². The molecule has 0 radical (unpaired) electrons. The van der Waals surface area contributed by atoms with Crippen LogP contribution < -0.4 is 11.3 Å². The minimum atomic E-state index is -0.325. The molecule has 0 saturated carbocycles. The van der Waals surface area contributed by atoms with Crippen molar-refractivity contribution in [3.63, 3.8) is 0 Å². The van der Waals surface area contributed by atoms with Crippen molar-refractivity contribution in [3.05, 3.63) is 34.3 Å². The molecule has 4 nitrogen and oxygen atoms in total. The van der Waals surface area contributed by atoms with E-state index in [1.807, 2.05) is 26.0 Å². The van der Waals surface area contributed by atoms with Crippen molar-refractivity contribution >= 4 is 15.9 Å². The number of hydrogen-bond donors (Lipinski definition) is 2. The maximum absolute atomic E-state index is 5.59. The molecule has 0 fully saturated rings. The van der Waals surface area contributed by atoms with Gasteiger partial charge in [0.15, 0.2) is 6.29 Å². The molecular weight excluding hydrogens is 296 g/mol. The third-order valence-corrected chi connectivity index (χ3v) is 3.10. The summed E-state index contributed by atoms with van der Waals surface area (Å²) in [6.45, 7) is 5.09. The van der Waals surface area contributed by atoms with Gasteiger partial charge in [-0.3, -0.25) is 11.3 Å². The van der Waals surface area contributed by atoms with Crippen LogP contribution in [0.15, 0.2) is 28.7 Å². The molecular formula is C13H21BrN2O2. The van der Waals surface area contributed by atoms with Gasteiger partial charge in [0.25, 0.3) is 0 Å². The number of benzene rings is 1. The lowest BCUT2D eigenvalue weighted by molar-refractivity contribution is -0.153. The second-order valence-electron chi connectivity index (χ2n) is 3.88. The second kappa shape index (κ2) is 8.61.